The van der Waals surface area contributed by atoms with E-state index >= 15 is 0 Å². The molecule has 9 heteroatoms. The van der Waals surface area contributed by atoms with Gasteiger partial charge in [-0.2, -0.15) is 15.1 Å². The van der Waals surface area contributed by atoms with E-state index in [1.165, 1.54) is 6.42 Å². The highest BCUT2D eigenvalue weighted by Gasteiger charge is 2.43. The molecule has 3 fully saturated rings. The Bertz CT molecular complexity index is 1500. The number of rotatable bonds is 5. The Morgan fingerprint density at radius 2 is 1.89 bits per heavy atom. The smallest absolute Gasteiger partial charge is 0.319 e. The molecule has 0 atom stereocenters. The lowest BCUT2D eigenvalue weighted by Crippen LogP contribution is -2.54. The summed E-state index contributed by atoms with van der Waals surface area (Å²) in [4.78, 5) is 14.8. The van der Waals surface area contributed by atoms with Crippen molar-refractivity contribution in [2.24, 2.45) is 5.41 Å². The first kappa shape index (κ1) is 23.7. The van der Waals surface area contributed by atoms with E-state index in [0.717, 1.165) is 102 Å². The first-order chi connectivity index (χ1) is 18.5. The number of likely N-dealkylation sites (tertiary alicyclic amines) is 1. The number of methoxy groups -OCH3 is 1. The number of aryl methyl sites for hydroxylation is 1. The Kier molecular flexibility index (Phi) is 5.67. The summed E-state index contributed by atoms with van der Waals surface area (Å²) in [5.74, 6) is 1.76. The second kappa shape index (κ2) is 9.10. The number of nitrogens with one attached hydrogen (secondary N) is 2. The summed E-state index contributed by atoms with van der Waals surface area (Å²) < 4.78 is 12.4. The molecule has 1 spiro atoms. The van der Waals surface area contributed by atoms with Crippen molar-refractivity contribution < 1.29 is 9.47 Å². The molecule has 4 aromatic rings. The largest absolute Gasteiger partial charge is 0.496 e. The van der Waals surface area contributed by atoms with E-state index in [1.807, 2.05) is 6.20 Å². The first-order valence-corrected chi connectivity index (χ1v) is 13.7. The molecule has 38 heavy (non-hydrogen) atoms. The Labute approximate surface area is 222 Å². The van der Waals surface area contributed by atoms with Crippen LogP contribution in [0.4, 0.5) is 5.82 Å². The normalized spacial score (nSPS) is 19.9. The van der Waals surface area contributed by atoms with Crippen LogP contribution in [0.3, 0.4) is 0 Å². The first-order valence-electron chi connectivity index (χ1n) is 13.7. The van der Waals surface area contributed by atoms with Crippen molar-refractivity contribution in [3.05, 3.63) is 36.0 Å². The molecule has 0 amide bonds. The molecular weight excluding hydrogens is 478 g/mol. The molecule has 0 saturated carbocycles. The van der Waals surface area contributed by atoms with E-state index < -0.39 is 0 Å². The topological polar surface area (TPSA) is 91.4 Å². The van der Waals surface area contributed by atoms with E-state index in [2.05, 4.69) is 63.6 Å². The highest BCUT2D eigenvalue weighted by atomic mass is 16.5. The van der Waals surface area contributed by atoms with Crippen molar-refractivity contribution in [3.63, 3.8) is 0 Å². The maximum absolute atomic E-state index is 6.45. The van der Waals surface area contributed by atoms with Crippen LogP contribution in [0.5, 0.6) is 11.8 Å². The fourth-order valence-corrected chi connectivity index (χ4v) is 6.40. The summed E-state index contributed by atoms with van der Waals surface area (Å²) in [7, 11) is 3.90. The standard InChI is InChI=1S/C29H35N7O2/c1-18-4-5-23-22(14-31-34-23)26(18)21-12-24-20(13-25(21)37-3)27(36-11-8-29(17-36)15-30-16-29)33-28(32-24)38-19-6-9-35(2)10-7-19/h4-5,12-14,19,30H,6-11,15-17H2,1-3H3,(H,31,34). The molecule has 7 rings (SSSR count). The van der Waals surface area contributed by atoms with Crippen molar-refractivity contribution in [1.29, 1.82) is 0 Å². The lowest BCUT2D eigenvalue weighted by Gasteiger charge is -2.39. The highest BCUT2D eigenvalue weighted by Crippen LogP contribution is 2.43. The Balaban J connectivity index is 1.37. The Hall–Kier alpha value is -3.43. The minimum atomic E-state index is 0.136. The van der Waals surface area contributed by atoms with E-state index in [4.69, 9.17) is 19.4 Å². The third-order valence-electron chi connectivity index (χ3n) is 8.75. The minimum absolute atomic E-state index is 0.136. The number of ether oxygens (including phenoxy) is 2. The van der Waals surface area contributed by atoms with Crippen molar-refractivity contribution in [1.82, 2.24) is 30.4 Å². The quantitative estimate of drug-likeness (QED) is 0.417. The molecule has 0 aliphatic carbocycles. The second-order valence-electron chi connectivity index (χ2n) is 11.4. The molecule has 2 N–H and O–H groups in total. The lowest BCUT2D eigenvalue weighted by atomic mass is 9.81. The van der Waals surface area contributed by atoms with Gasteiger partial charge in [-0.1, -0.05) is 6.07 Å². The van der Waals surface area contributed by atoms with Gasteiger partial charge in [-0.25, -0.2) is 0 Å². The zero-order valence-electron chi connectivity index (χ0n) is 22.4. The maximum atomic E-state index is 6.45. The third-order valence-corrected chi connectivity index (χ3v) is 8.75. The van der Waals surface area contributed by atoms with Gasteiger partial charge in [-0.05, 0) is 62.6 Å². The molecule has 3 saturated heterocycles. The Morgan fingerprint density at radius 3 is 2.63 bits per heavy atom. The summed E-state index contributed by atoms with van der Waals surface area (Å²) in [5.41, 5.74) is 5.49. The van der Waals surface area contributed by atoms with Crippen molar-refractivity contribution in [2.75, 3.05) is 58.3 Å². The summed E-state index contributed by atoms with van der Waals surface area (Å²) in [6, 6.07) is 8.93. The average molecular weight is 514 g/mol. The fraction of sp³-hybridized carbons (Fsp3) is 0.483. The van der Waals surface area contributed by atoms with Gasteiger partial charge in [0.25, 0.3) is 0 Å². The van der Waals surface area contributed by atoms with Crippen molar-refractivity contribution >= 4 is 27.6 Å². The molecule has 9 nitrogen and oxygen atoms in total. The number of benzene rings is 2. The SMILES string of the molecule is COc1cc2c(N3CCC4(CNC4)C3)nc(OC3CCN(C)CC3)nc2cc1-c1c(C)ccc2[nH]ncc12. The molecule has 0 unspecified atom stereocenters. The van der Waals surface area contributed by atoms with Gasteiger partial charge in [0.2, 0.25) is 0 Å². The van der Waals surface area contributed by atoms with Gasteiger partial charge in [0, 0.05) is 61.0 Å². The molecule has 0 bridgehead atoms. The summed E-state index contributed by atoms with van der Waals surface area (Å²) in [6.07, 6.45) is 5.17. The molecule has 3 aliphatic heterocycles. The monoisotopic (exact) mass is 513 g/mol. The van der Waals surface area contributed by atoms with Crippen LogP contribution in [0, 0.1) is 12.3 Å². The zero-order chi connectivity index (χ0) is 25.9. The fourth-order valence-electron chi connectivity index (χ4n) is 6.40. The summed E-state index contributed by atoms with van der Waals surface area (Å²) >= 11 is 0. The number of hydrogen-bond acceptors (Lipinski definition) is 8. The number of anilines is 1. The molecule has 2 aromatic heterocycles. The van der Waals surface area contributed by atoms with Crippen molar-refractivity contribution in [3.8, 4) is 22.9 Å². The second-order valence-corrected chi connectivity index (χ2v) is 11.4. The molecule has 198 valence electrons. The number of fused-ring (bicyclic) bond motifs is 2. The predicted molar refractivity (Wildman–Crippen MR) is 149 cm³/mol. The van der Waals surface area contributed by atoms with E-state index in [-0.39, 0.29) is 6.10 Å². The van der Waals surface area contributed by atoms with Crippen LogP contribution in [0.15, 0.2) is 30.5 Å². The predicted octanol–water partition coefficient (Wildman–Crippen LogP) is 3.76. The van der Waals surface area contributed by atoms with Crippen LogP contribution in [-0.4, -0.2) is 84.6 Å². The van der Waals surface area contributed by atoms with Crippen LogP contribution in [-0.2, 0) is 0 Å². The number of H-pyrrole nitrogens is 1. The number of aromatic nitrogens is 4. The zero-order valence-corrected chi connectivity index (χ0v) is 22.4. The van der Waals surface area contributed by atoms with Gasteiger partial charge in [-0.3, -0.25) is 5.10 Å². The number of hydrogen-bond donors (Lipinski definition) is 2. The highest BCUT2D eigenvalue weighted by molar-refractivity contribution is 6.02. The average Bonchev–Trinajstić information content (AvgIpc) is 3.57. The number of nitrogens with zero attached hydrogens (tertiary/aromatic N) is 5. The van der Waals surface area contributed by atoms with Gasteiger partial charge < -0.3 is 24.6 Å². The van der Waals surface area contributed by atoms with Gasteiger partial charge in [-0.15, -0.1) is 0 Å². The third kappa shape index (κ3) is 3.96. The van der Waals surface area contributed by atoms with E-state index in [1.54, 1.807) is 7.11 Å². The molecular formula is C29H35N7O2. The van der Waals surface area contributed by atoms with Gasteiger partial charge >= 0.3 is 6.01 Å². The molecule has 3 aliphatic rings. The van der Waals surface area contributed by atoms with Crippen molar-refractivity contribution in [2.45, 2.75) is 32.3 Å². The van der Waals surface area contributed by atoms with Gasteiger partial charge in [0.05, 0.1) is 24.3 Å². The molecule has 2 aromatic carbocycles. The maximum Gasteiger partial charge on any atom is 0.319 e. The van der Waals surface area contributed by atoms with Crippen LogP contribution in [0.25, 0.3) is 32.9 Å². The van der Waals surface area contributed by atoms with Crippen LogP contribution in [0.2, 0.25) is 0 Å². The van der Waals surface area contributed by atoms with Gasteiger partial charge in [0.1, 0.15) is 17.7 Å². The lowest BCUT2D eigenvalue weighted by molar-refractivity contribution is 0.105. The van der Waals surface area contributed by atoms with Crippen LogP contribution in [0.1, 0.15) is 24.8 Å². The van der Waals surface area contributed by atoms with E-state index in [0.29, 0.717) is 11.4 Å². The molecule has 5 heterocycles. The number of aromatic amines is 1. The number of piperidine rings is 1. The van der Waals surface area contributed by atoms with Gasteiger partial charge in [0.15, 0.2) is 0 Å². The summed E-state index contributed by atoms with van der Waals surface area (Å²) in [5, 5.41) is 12.9. The Morgan fingerprint density at radius 1 is 1.05 bits per heavy atom. The van der Waals surface area contributed by atoms with E-state index in [9.17, 15) is 0 Å². The summed E-state index contributed by atoms with van der Waals surface area (Å²) in [6.45, 7) is 8.32. The minimum Gasteiger partial charge on any atom is -0.496 e. The molecule has 0 radical (unpaired) electrons. The van der Waals surface area contributed by atoms with Crippen LogP contribution < -0.4 is 19.7 Å². The van der Waals surface area contributed by atoms with Crippen LogP contribution >= 0.6 is 0 Å².